The van der Waals surface area contributed by atoms with Crippen molar-refractivity contribution in [2.24, 2.45) is 7.05 Å². The largest absolute Gasteiger partial charge is 0.337 e. The van der Waals surface area contributed by atoms with Gasteiger partial charge in [-0.05, 0) is 26.0 Å². The van der Waals surface area contributed by atoms with Gasteiger partial charge in [0, 0.05) is 56.1 Å². The van der Waals surface area contributed by atoms with E-state index < -0.39 is 0 Å². The summed E-state index contributed by atoms with van der Waals surface area (Å²) in [7, 11) is 3.83. The molecule has 0 aliphatic carbocycles. The average Bonchev–Trinajstić information content (AvgIpc) is 3.23. The molecule has 2 atom stereocenters. The number of likely N-dealkylation sites (tertiary alicyclic amines) is 1. The Morgan fingerprint density at radius 2 is 2.08 bits per heavy atom. The van der Waals surface area contributed by atoms with Gasteiger partial charge in [0.1, 0.15) is 0 Å². The molecular weight excluding hydrogens is 328 g/mol. The van der Waals surface area contributed by atoms with Crippen molar-refractivity contribution >= 4 is 11.4 Å². The topological polar surface area (TPSA) is 67.5 Å². The van der Waals surface area contributed by atoms with Crippen LogP contribution in [-0.4, -0.2) is 43.3 Å². The van der Waals surface area contributed by atoms with Crippen LogP contribution in [0.4, 0.5) is 0 Å². The minimum absolute atomic E-state index is 0.00182. The highest BCUT2D eigenvalue weighted by Crippen LogP contribution is 2.35. The number of pyridine rings is 1. The summed E-state index contributed by atoms with van der Waals surface area (Å²) in [5.74, 6) is 0.162. The molecule has 1 aliphatic rings. The smallest absolute Gasteiger partial charge is 0.224 e. The van der Waals surface area contributed by atoms with Crippen molar-refractivity contribution < 1.29 is 4.79 Å². The van der Waals surface area contributed by atoms with Gasteiger partial charge in [-0.3, -0.25) is 9.48 Å². The number of aryl methyl sites for hydroxylation is 2. The molecule has 3 aromatic heterocycles. The van der Waals surface area contributed by atoms with Crippen LogP contribution in [0.2, 0.25) is 0 Å². The molecule has 1 aliphatic heterocycles. The third-order valence-electron chi connectivity index (χ3n) is 5.51. The monoisotopic (exact) mass is 352 g/mol. The van der Waals surface area contributed by atoms with Crippen LogP contribution in [0, 0.1) is 13.8 Å². The second kappa shape index (κ2) is 6.25. The van der Waals surface area contributed by atoms with Crippen LogP contribution in [0.1, 0.15) is 35.0 Å². The SMILES string of the molecule is Cc1nn(C)c(C)c1[C@H]1[C@H](NCc2cnn3ccccc23)CC(=O)N1C. The molecule has 1 saturated heterocycles. The number of likely N-dealkylation sites (N-methyl/N-ethyl adjacent to an activating group) is 1. The summed E-state index contributed by atoms with van der Waals surface area (Å²) in [4.78, 5) is 14.3. The van der Waals surface area contributed by atoms with Gasteiger partial charge in [-0.1, -0.05) is 6.07 Å². The van der Waals surface area contributed by atoms with E-state index in [1.54, 1.807) is 0 Å². The molecule has 4 rings (SSSR count). The second-order valence-corrected chi connectivity index (χ2v) is 7.05. The lowest BCUT2D eigenvalue weighted by Gasteiger charge is -2.26. The fourth-order valence-corrected chi connectivity index (χ4v) is 4.03. The highest BCUT2D eigenvalue weighted by atomic mass is 16.2. The van der Waals surface area contributed by atoms with E-state index in [-0.39, 0.29) is 18.0 Å². The molecule has 7 nitrogen and oxygen atoms in total. The minimum atomic E-state index is -0.00182. The Bertz CT molecular complexity index is 972. The van der Waals surface area contributed by atoms with E-state index >= 15 is 0 Å². The van der Waals surface area contributed by atoms with E-state index in [2.05, 4.69) is 28.5 Å². The van der Waals surface area contributed by atoms with E-state index in [0.717, 1.165) is 28.0 Å². The van der Waals surface area contributed by atoms with Crippen molar-refractivity contribution in [1.29, 1.82) is 0 Å². The summed E-state index contributed by atoms with van der Waals surface area (Å²) in [5.41, 5.74) is 5.46. The van der Waals surface area contributed by atoms with Crippen LogP contribution >= 0.6 is 0 Å². The maximum Gasteiger partial charge on any atom is 0.224 e. The number of rotatable bonds is 4. The predicted molar refractivity (Wildman–Crippen MR) is 98.6 cm³/mol. The highest BCUT2D eigenvalue weighted by Gasteiger charge is 2.40. The summed E-state index contributed by atoms with van der Waals surface area (Å²) in [6.07, 6.45) is 4.32. The molecule has 4 heterocycles. The van der Waals surface area contributed by atoms with Crippen LogP contribution in [0.25, 0.3) is 5.52 Å². The highest BCUT2D eigenvalue weighted by molar-refractivity contribution is 5.80. The van der Waals surface area contributed by atoms with Gasteiger partial charge in [0.15, 0.2) is 0 Å². The molecule has 7 heteroatoms. The zero-order valence-electron chi connectivity index (χ0n) is 15.6. The van der Waals surface area contributed by atoms with Crippen LogP contribution in [0.5, 0.6) is 0 Å². The molecule has 0 radical (unpaired) electrons. The van der Waals surface area contributed by atoms with Gasteiger partial charge < -0.3 is 10.2 Å². The molecule has 26 heavy (non-hydrogen) atoms. The summed E-state index contributed by atoms with van der Waals surface area (Å²) >= 11 is 0. The third-order valence-corrected chi connectivity index (χ3v) is 5.51. The number of nitrogens with one attached hydrogen (secondary N) is 1. The van der Waals surface area contributed by atoms with Crippen molar-refractivity contribution in [2.45, 2.75) is 38.9 Å². The number of carbonyl (C=O) groups is 1. The van der Waals surface area contributed by atoms with E-state index in [4.69, 9.17) is 0 Å². The average molecular weight is 352 g/mol. The van der Waals surface area contributed by atoms with E-state index in [1.807, 2.05) is 59.6 Å². The van der Waals surface area contributed by atoms with E-state index in [9.17, 15) is 4.79 Å². The Kier molecular flexibility index (Phi) is 4.03. The molecule has 1 N–H and O–H groups in total. The Morgan fingerprint density at radius 3 is 2.81 bits per heavy atom. The van der Waals surface area contributed by atoms with Crippen LogP contribution in [0.15, 0.2) is 30.6 Å². The number of hydrogen-bond donors (Lipinski definition) is 1. The Labute approximate surface area is 152 Å². The van der Waals surface area contributed by atoms with E-state index in [1.165, 1.54) is 0 Å². The van der Waals surface area contributed by atoms with Gasteiger partial charge >= 0.3 is 0 Å². The number of hydrogen-bond acceptors (Lipinski definition) is 4. The summed E-state index contributed by atoms with van der Waals surface area (Å²) < 4.78 is 3.76. The molecule has 0 saturated carbocycles. The molecule has 0 unspecified atom stereocenters. The van der Waals surface area contributed by atoms with Gasteiger partial charge in [0.2, 0.25) is 5.91 Å². The molecule has 0 spiro atoms. The first-order valence-electron chi connectivity index (χ1n) is 8.87. The lowest BCUT2D eigenvalue weighted by molar-refractivity contribution is -0.127. The fraction of sp³-hybridized carbons (Fsp3) is 0.421. The van der Waals surface area contributed by atoms with Gasteiger partial charge in [0.25, 0.3) is 0 Å². The molecule has 1 amide bonds. The molecule has 0 aromatic carbocycles. The predicted octanol–water partition coefficient (Wildman–Crippen LogP) is 1.75. The van der Waals surface area contributed by atoms with Gasteiger partial charge in [-0.2, -0.15) is 10.2 Å². The number of nitrogens with zero attached hydrogens (tertiary/aromatic N) is 5. The van der Waals surface area contributed by atoms with Crippen molar-refractivity contribution in [3.05, 3.63) is 53.1 Å². The summed E-state index contributed by atoms with van der Waals surface area (Å²) in [5, 5.41) is 12.5. The normalized spacial score (nSPS) is 20.5. The van der Waals surface area contributed by atoms with E-state index in [0.29, 0.717) is 13.0 Å². The van der Waals surface area contributed by atoms with Crippen LogP contribution in [0.3, 0.4) is 0 Å². The number of amides is 1. The first-order chi connectivity index (χ1) is 12.5. The number of fused-ring (bicyclic) bond motifs is 1. The van der Waals surface area contributed by atoms with Crippen molar-refractivity contribution in [3.8, 4) is 0 Å². The standard InChI is InChI=1S/C19H24N6O/c1-12-18(13(2)24(4)22-12)19-15(9-17(26)23(19)3)20-10-14-11-21-25-8-6-5-7-16(14)25/h5-8,11,15,19-20H,9-10H2,1-4H3/t15-,19-/m1/s1. The Morgan fingerprint density at radius 1 is 1.27 bits per heavy atom. The molecular formula is C19H24N6O. The zero-order chi connectivity index (χ0) is 18.4. The lowest BCUT2D eigenvalue weighted by Crippen LogP contribution is -2.35. The van der Waals surface area contributed by atoms with Gasteiger partial charge in [-0.25, -0.2) is 4.52 Å². The molecule has 136 valence electrons. The number of aromatic nitrogens is 4. The van der Waals surface area contributed by atoms with Crippen molar-refractivity contribution in [2.75, 3.05) is 7.05 Å². The first-order valence-corrected chi connectivity index (χ1v) is 8.87. The maximum absolute atomic E-state index is 12.4. The second-order valence-electron chi connectivity index (χ2n) is 7.05. The van der Waals surface area contributed by atoms with Gasteiger partial charge in [0.05, 0.1) is 23.4 Å². The van der Waals surface area contributed by atoms with Crippen LogP contribution in [-0.2, 0) is 18.4 Å². The van der Waals surface area contributed by atoms with Gasteiger partial charge in [-0.15, -0.1) is 0 Å². The lowest BCUT2D eigenvalue weighted by atomic mass is 9.98. The zero-order valence-corrected chi connectivity index (χ0v) is 15.6. The summed E-state index contributed by atoms with van der Waals surface area (Å²) in [6.45, 7) is 4.75. The fourth-order valence-electron chi connectivity index (χ4n) is 4.03. The first kappa shape index (κ1) is 16.8. The van der Waals surface area contributed by atoms with Crippen LogP contribution < -0.4 is 5.32 Å². The number of carbonyl (C=O) groups excluding carboxylic acids is 1. The minimum Gasteiger partial charge on any atom is -0.337 e. The van der Waals surface area contributed by atoms with Crippen molar-refractivity contribution in [3.63, 3.8) is 0 Å². The molecule has 0 bridgehead atoms. The molecule has 1 fully saturated rings. The summed E-state index contributed by atoms with van der Waals surface area (Å²) in [6, 6.07) is 6.08. The molecule has 3 aromatic rings. The third kappa shape index (κ3) is 2.59. The Balaban J connectivity index is 1.61. The van der Waals surface area contributed by atoms with Crippen molar-refractivity contribution in [1.82, 2.24) is 29.6 Å². The quantitative estimate of drug-likeness (QED) is 0.777. The Hall–Kier alpha value is -2.67. The maximum atomic E-state index is 12.4.